The number of thiazole rings is 1. The molecule has 41 heavy (non-hydrogen) atoms. The highest BCUT2D eigenvalue weighted by atomic mass is 32.1. The molecule has 0 saturated carbocycles. The lowest BCUT2D eigenvalue weighted by Gasteiger charge is -2.25. The van der Waals surface area contributed by atoms with Crippen molar-refractivity contribution in [3.63, 3.8) is 0 Å². The number of esters is 1. The molecule has 3 aromatic carbocycles. The summed E-state index contributed by atoms with van der Waals surface area (Å²) in [5.41, 5.74) is 4.97. The normalized spacial score (nSPS) is 17.0. The summed E-state index contributed by atoms with van der Waals surface area (Å²) in [5.74, 6) is -0.967. The number of fused-ring (bicyclic) bond motifs is 1. The summed E-state index contributed by atoms with van der Waals surface area (Å²) < 4.78 is 21.5. The maximum atomic E-state index is 14.1. The molecule has 0 unspecified atom stereocenters. The van der Waals surface area contributed by atoms with Crippen molar-refractivity contribution in [2.24, 2.45) is 4.99 Å². The Morgan fingerprint density at radius 1 is 1.07 bits per heavy atom. The van der Waals surface area contributed by atoms with E-state index in [0.717, 1.165) is 29.8 Å². The lowest BCUT2D eigenvalue weighted by molar-refractivity contribution is -0.138. The Morgan fingerprint density at radius 2 is 1.80 bits per heavy atom. The fourth-order valence-corrected chi connectivity index (χ4v) is 6.53. The van der Waals surface area contributed by atoms with Crippen LogP contribution in [0.5, 0.6) is 0 Å². The molecular weight excluding hydrogens is 537 g/mol. The van der Waals surface area contributed by atoms with Gasteiger partial charge in [-0.2, -0.15) is 0 Å². The molecular formula is C33H30FN3O3S. The molecule has 2 aliphatic heterocycles. The average molecular weight is 568 g/mol. The quantitative estimate of drug-likeness (QED) is 0.308. The van der Waals surface area contributed by atoms with Gasteiger partial charge in [-0.15, -0.1) is 0 Å². The second kappa shape index (κ2) is 11.3. The van der Waals surface area contributed by atoms with Gasteiger partial charge in [0.15, 0.2) is 4.80 Å². The minimum Gasteiger partial charge on any atom is -0.463 e. The van der Waals surface area contributed by atoms with E-state index in [-0.39, 0.29) is 17.7 Å². The van der Waals surface area contributed by atoms with Crippen molar-refractivity contribution < 1.29 is 13.9 Å². The number of carbonyl (C=O) groups is 1. The van der Waals surface area contributed by atoms with E-state index in [2.05, 4.69) is 30.0 Å². The number of hydrogen-bond acceptors (Lipinski definition) is 6. The summed E-state index contributed by atoms with van der Waals surface area (Å²) in [4.78, 5) is 35.3. The van der Waals surface area contributed by atoms with Gasteiger partial charge in [-0.1, -0.05) is 59.9 Å². The Kier molecular flexibility index (Phi) is 7.41. The molecule has 1 atom stereocenters. The molecule has 1 aromatic heterocycles. The maximum Gasteiger partial charge on any atom is 0.338 e. The fourth-order valence-electron chi connectivity index (χ4n) is 5.54. The van der Waals surface area contributed by atoms with Crippen molar-refractivity contribution >= 4 is 34.8 Å². The van der Waals surface area contributed by atoms with E-state index in [0.29, 0.717) is 20.6 Å². The zero-order valence-electron chi connectivity index (χ0n) is 23.0. The van der Waals surface area contributed by atoms with Crippen LogP contribution in [0.25, 0.3) is 11.8 Å². The van der Waals surface area contributed by atoms with Crippen LogP contribution in [0.15, 0.2) is 88.2 Å². The summed E-state index contributed by atoms with van der Waals surface area (Å²) in [5, 5.41) is 0. The molecule has 0 bridgehead atoms. The predicted octanol–water partition coefficient (Wildman–Crippen LogP) is 4.98. The minimum absolute atomic E-state index is 0.164. The lowest BCUT2D eigenvalue weighted by atomic mass is 9.93. The number of nitrogens with zero attached hydrogens (tertiary/aromatic N) is 3. The highest BCUT2D eigenvalue weighted by molar-refractivity contribution is 7.07. The number of aromatic nitrogens is 1. The molecule has 0 N–H and O–H groups in total. The summed E-state index contributed by atoms with van der Waals surface area (Å²) in [6.45, 7) is 6.08. The summed E-state index contributed by atoms with van der Waals surface area (Å²) >= 11 is 1.28. The number of anilines is 1. The van der Waals surface area contributed by atoms with E-state index >= 15 is 0 Å². The molecule has 8 heteroatoms. The number of halogens is 1. The molecule has 0 spiro atoms. The van der Waals surface area contributed by atoms with Crippen LogP contribution in [0.3, 0.4) is 0 Å². The van der Waals surface area contributed by atoms with Gasteiger partial charge in [-0.25, -0.2) is 14.2 Å². The molecule has 1 saturated heterocycles. The second-order valence-electron chi connectivity index (χ2n) is 10.2. The molecule has 0 radical (unpaired) electrons. The Bertz CT molecular complexity index is 1820. The van der Waals surface area contributed by atoms with Gasteiger partial charge in [0.1, 0.15) is 5.82 Å². The van der Waals surface area contributed by atoms with Gasteiger partial charge >= 0.3 is 5.97 Å². The van der Waals surface area contributed by atoms with Crippen LogP contribution in [-0.2, 0) is 9.53 Å². The first-order chi connectivity index (χ1) is 19.9. The monoisotopic (exact) mass is 567 g/mol. The highest BCUT2D eigenvalue weighted by Gasteiger charge is 2.35. The van der Waals surface area contributed by atoms with E-state index in [9.17, 15) is 14.0 Å². The van der Waals surface area contributed by atoms with E-state index in [1.807, 2.05) is 36.4 Å². The molecule has 208 valence electrons. The van der Waals surface area contributed by atoms with E-state index in [4.69, 9.17) is 9.73 Å². The lowest BCUT2D eigenvalue weighted by Crippen LogP contribution is -2.40. The number of ether oxygens (including phenoxy) is 1. The van der Waals surface area contributed by atoms with E-state index in [1.165, 1.54) is 46.6 Å². The third-order valence-electron chi connectivity index (χ3n) is 7.57. The van der Waals surface area contributed by atoms with Gasteiger partial charge < -0.3 is 9.64 Å². The van der Waals surface area contributed by atoms with Crippen molar-refractivity contribution in [2.75, 3.05) is 24.6 Å². The topological polar surface area (TPSA) is 63.9 Å². The molecule has 4 aromatic rings. The number of rotatable bonds is 6. The van der Waals surface area contributed by atoms with Crippen molar-refractivity contribution in [3.05, 3.63) is 126 Å². The minimum atomic E-state index is -0.832. The van der Waals surface area contributed by atoms with Crippen LogP contribution in [0.2, 0.25) is 0 Å². The summed E-state index contributed by atoms with van der Waals surface area (Å²) in [6, 6.07) is 20.8. The summed E-state index contributed by atoms with van der Waals surface area (Å²) in [6.07, 6.45) is 4.30. The van der Waals surface area contributed by atoms with Gasteiger partial charge in [0, 0.05) is 24.3 Å². The van der Waals surface area contributed by atoms with Gasteiger partial charge in [0.25, 0.3) is 5.56 Å². The van der Waals surface area contributed by atoms with Gasteiger partial charge in [0.05, 0.1) is 28.5 Å². The van der Waals surface area contributed by atoms with Gasteiger partial charge in [-0.3, -0.25) is 9.36 Å². The van der Waals surface area contributed by atoms with Crippen LogP contribution in [-0.4, -0.2) is 30.2 Å². The molecule has 0 amide bonds. The smallest absolute Gasteiger partial charge is 0.338 e. The standard InChI is InChI=1S/C33H30FN3O3S/c1-3-40-32(39)28-29(22-9-5-4-6-10-22)35-33-37(30(28)23-11-14-25(34)15-12-23)31(38)27(41-33)20-24-13-16-26(19-21(24)2)36-17-7-8-18-36/h4-6,9-16,19-20,30H,3,7-8,17-18H2,1-2H3/b27-20+/t30-/m1/s1. The highest BCUT2D eigenvalue weighted by Crippen LogP contribution is 2.35. The van der Waals surface area contributed by atoms with Crippen molar-refractivity contribution in [2.45, 2.75) is 32.7 Å². The zero-order chi connectivity index (χ0) is 28.5. The molecule has 2 aliphatic rings. The Hall–Kier alpha value is -4.30. The maximum absolute atomic E-state index is 14.1. The van der Waals surface area contributed by atoms with Crippen LogP contribution in [0, 0.1) is 12.7 Å². The van der Waals surface area contributed by atoms with E-state index < -0.39 is 17.8 Å². The first-order valence-electron chi connectivity index (χ1n) is 13.8. The number of benzene rings is 3. The first kappa shape index (κ1) is 26.9. The number of aryl methyl sites for hydroxylation is 1. The SMILES string of the molecule is CCOC(=O)C1=C(c2ccccc2)N=c2s/c(=C/c3ccc(N4CCCC4)cc3C)c(=O)n2[C@@H]1c1ccc(F)cc1. The third kappa shape index (κ3) is 5.15. The average Bonchev–Trinajstić information content (AvgIpc) is 3.63. The van der Waals surface area contributed by atoms with Crippen molar-refractivity contribution in [3.8, 4) is 0 Å². The Balaban J connectivity index is 1.56. The third-order valence-corrected chi connectivity index (χ3v) is 8.55. The van der Waals surface area contributed by atoms with Gasteiger partial charge in [-0.05, 0) is 73.7 Å². The Labute approximate surface area is 241 Å². The van der Waals surface area contributed by atoms with Gasteiger partial charge in [0.2, 0.25) is 0 Å². The molecule has 6 nitrogen and oxygen atoms in total. The van der Waals surface area contributed by atoms with Crippen LogP contribution >= 0.6 is 11.3 Å². The number of hydrogen-bond donors (Lipinski definition) is 0. The molecule has 0 aliphatic carbocycles. The van der Waals surface area contributed by atoms with Crippen molar-refractivity contribution in [1.82, 2.24) is 4.57 Å². The Morgan fingerprint density at radius 3 is 2.49 bits per heavy atom. The fraction of sp³-hybridized carbons (Fsp3) is 0.242. The largest absolute Gasteiger partial charge is 0.463 e. The van der Waals surface area contributed by atoms with Crippen molar-refractivity contribution in [1.29, 1.82) is 0 Å². The molecule has 3 heterocycles. The van der Waals surface area contributed by atoms with Crippen LogP contribution in [0.1, 0.15) is 48.1 Å². The molecule has 6 rings (SSSR count). The second-order valence-corrected chi connectivity index (χ2v) is 11.2. The summed E-state index contributed by atoms with van der Waals surface area (Å²) in [7, 11) is 0. The van der Waals surface area contributed by atoms with Crippen LogP contribution < -0.4 is 19.8 Å². The first-order valence-corrected chi connectivity index (χ1v) is 14.7. The zero-order valence-corrected chi connectivity index (χ0v) is 23.8. The predicted molar refractivity (Wildman–Crippen MR) is 160 cm³/mol. The van der Waals surface area contributed by atoms with Crippen LogP contribution in [0.4, 0.5) is 10.1 Å². The molecule has 1 fully saturated rings. The van der Waals surface area contributed by atoms with E-state index in [1.54, 1.807) is 19.1 Å². The number of carbonyl (C=O) groups excluding carboxylic acids is 1.